The lowest BCUT2D eigenvalue weighted by atomic mass is 9.86. The molecule has 34 heavy (non-hydrogen) atoms. The number of rotatable bonds is 8. The van der Waals surface area contributed by atoms with Gasteiger partial charge in [-0.1, -0.05) is 66.5 Å². The third-order valence-corrected chi connectivity index (χ3v) is 6.79. The summed E-state index contributed by atoms with van der Waals surface area (Å²) in [7, 11) is 0. The van der Waals surface area contributed by atoms with E-state index in [1.807, 2.05) is 45.0 Å². The van der Waals surface area contributed by atoms with Gasteiger partial charge in [0, 0.05) is 37.8 Å². The molecule has 1 saturated heterocycles. The van der Waals surface area contributed by atoms with Crippen molar-refractivity contribution in [2.24, 2.45) is 5.92 Å². The largest absolute Gasteiger partial charge is 0.340 e. The molecule has 2 rings (SSSR count). The molecule has 1 aliphatic heterocycles. The van der Waals surface area contributed by atoms with Gasteiger partial charge in [0.15, 0.2) is 0 Å². The minimum atomic E-state index is -0.600. The number of nitrogens with one attached hydrogen (secondary N) is 2. The number of carbonyl (C=O) groups is 3. The molecule has 0 spiro atoms. The predicted molar refractivity (Wildman–Crippen MR) is 137 cm³/mol. The Bertz CT molecular complexity index is 831. The number of urea groups is 1. The average Bonchev–Trinajstić information content (AvgIpc) is 2.81. The molecule has 7 nitrogen and oxygen atoms in total. The Labute approximate surface area is 205 Å². The van der Waals surface area contributed by atoms with Crippen molar-refractivity contribution in [1.29, 1.82) is 0 Å². The third-order valence-electron chi connectivity index (χ3n) is 6.79. The summed E-state index contributed by atoms with van der Waals surface area (Å²) in [6.45, 7) is 16.6. The highest BCUT2D eigenvalue weighted by atomic mass is 16.2. The van der Waals surface area contributed by atoms with Crippen LogP contribution in [0.1, 0.15) is 83.7 Å². The molecular weight excluding hydrogens is 428 g/mol. The van der Waals surface area contributed by atoms with Crippen LogP contribution in [0.2, 0.25) is 0 Å². The summed E-state index contributed by atoms with van der Waals surface area (Å²) < 4.78 is 0. The van der Waals surface area contributed by atoms with Crippen LogP contribution in [0, 0.1) is 5.92 Å². The van der Waals surface area contributed by atoms with E-state index in [0.717, 1.165) is 24.8 Å². The zero-order chi connectivity index (χ0) is 25.5. The van der Waals surface area contributed by atoms with E-state index >= 15 is 0 Å². The van der Waals surface area contributed by atoms with Crippen LogP contribution >= 0.6 is 0 Å². The van der Waals surface area contributed by atoms with Gasteiger partial charge in [-0.05, 0) is 42.4 Å². The van der Waals surface area contributed by atoms with E-state index in [0.29, 0.717) is 31.7 Å². The summed E-state index contributed by atoms with van der Waals surface area (Å²) in [4.78, 5) is 42.6. The Balaban J connectivity index is 2.05. The number of nitrogens with zero attached hydrogens (tertiary/aromatic N) is 2. The third kappa shape index (κ3) is 7.21. The fraction of sp³-hybridized carbons (Fsp3) is 0.667. The first-order chi connectivity index (χ1) is 16.0. The molecule has 3 atom stereocenters. The zero-order valence-electron chi connectivity index (χ0n) is 22.1. The van der Waals surface area contributed by atoms with Gasteiger partial charge in [0.25, 0.3) is 5.91 Å². The second kappa shape index (κ2) is 12.2. The van der Waals surface area contributed by atoms with Crippen LogP contribution < -0.4 is 10.6 Å². The standard InChI is InChI=1S/C27H44N4O3/c1-8-10-15-28-26(34)31-17-16-30(18-20(31)4)25(33)23(19(3)9-2)29-24(32)21-11-13-22(14-12-21)27(5,6)7/h11-14,19-20,23H,8-10,15-18H2,1-7H3,(H,28,34)(H,29,32). The van der Waals surface area contributed by atoms with E-state index in [1.165, 1.54) is 0 Å². The van der Waals surface area contributed by atoms with Crippen molar-refractivity contribution in [3.05, 3.63) is 35.4 Å². The Morgan fingerprint density at radius 2 is 1.74 bits per heavy atom. The number of hydrogen-bond acceptors (Lipinski definition) is 3. The molecule has 4 amide bonds. The molecule has 0 radical (unpaired) electrons. The maximum absolute atomic E-state index is 13.5. The number of carbonyl (C=O) groups excluding carboxylic acids is 3. The molecule has 2 N–H and O–H groups in total. The summed E-state index contributed by atoms with van der Waals surface area (Å²) in [6.07, 6.45) is 2.75. The van der Waals surface area contributed by atoms with Gasteiger partial charge in [0.05, 0.1) is 0 Å². The van der Waals surface area contributed by atoms with E-state index in [2.05, 4.69) is 38.3 Å². The molecule has 7 heteroatoms. The van der Waals surface area contributed by atoms with Crippen LogP contribution in [0.4, 0.5) is 4.79 Å². The molecule has 3 unspecified atom stereocenters. The average molecular weight is 473 g/mol. The highest BCUT2D eigenvalue weighted by Gasteiger charge is 2.35. The number of piperazine rings is 1. The highest BCUT2D eigenvalue weighted by molar-refractivity contribution is 5.97. The van der Waals surface area contributed by atoms with Crippen molar-refractivity contribution < 1.29 is 14.4 Å². The Morgan fingerprint density at radius 1 is 1.09 bits per heavy atom. The van der Waals surface area contributed by atoms with Crippen molar-refractivity contribution in [2.45, 2.75) is 85.2 Å². The van der Waals surface area contributed by atoms with E-state index in [1.54, 1.807) is 9.80 Å². The Hall–Kier alpha value is -2.57. The van der Waals surface area contributed by atoms with Crippen molar-refractivity contribution in [3.63, 3.8) is 0 Å². The number of unbranched alkanes of at least 4 members (excludes halogenated alkanes) is 1. The van der Waals surface area contributed by atoms with Crippen LogP contribution in [0.25, 0.3) is 0 Å². The van der Waals surface area contributed by atoms with Gasteiger partial charge in [-0.2, -0.15) is 0 Å². The van der Waals surface area contributed by atoms with Crippen LogP contribution in [0.15, 0.2) is 24.3 Å². The van der Waals surface area contributed by atoms with Gasteiger partial charge >= 0.3 is 6.03 Å². The summed E-state index contributed by atoms with van der Waals surface area (Å²) >= 11 is 0. The lowest BCUT2D eigenvalue weighted by Gasteiger charge is -2.41. The van der Waals surface area contributed by atoms with Crippen molar-refractivity contribution in [2.75, 3.05) is 26.2 Å². The van der Waals surface area contributed by atoms with E-state index in [9.17, 15) is 14.4 Å². The van der Waals surface area contributed by atoms with Crippen molar-refractivity contribution in [3.8, 4) is 0 Å². The molecule has 0 saturated carbocycles. The monoisotopic (exact) mass is 472 g/mol. The molecule has 1 heterocycles. The lowest BCUT2D eigenvalue weighted by molar-refractivity contribution is -0.136. The normalized spacial score (nSPS) is 18.3. The summed E-state index contributed by atoms with van der Waals surface area (Å²) in [5.74, 6) is -0.316. The highest BCUT2D eigenvalue weighted by Crippen LogP contribution is 2.22. The molecule has 190 valence electrons. The summed E-state index contributed by atoms with van der Waals surface area (Å²) in [6, 6.07) is 6.84. The maximum atomic E-state index is 13.5. The number of benzene rings is 1. The maximum Gasteiger partial charge on any atom is 0.317 e. The van der Waals surface area contributed by atoms with Crippen LogP contribution in [0.3, 0.4) is 0 Å². The van der Waals surface area contributed by atoms with Crippen LogP contribution in [-0.4, -0.2) is 65.9 Å². The zero-order valence-corrected chi connectivity index (χ0v) is 22.1. The minimum Gasteiger partial charge on any atom is -0.340 e. The quantitative estimate of drug-likeness (QED) is 0.557. The number of amides is 4. The van der Waals surface area contributed by atoms with Crippen molar-refractivity contribution >= 4 is 17.8 Å². The van der Waals surface area contributed by atoms with Gasteiger partial charge in [-0.15, -0.1) is 0 Å². The fourth-order valence-corrected chi connectivity index (χ4v) is 4.16. The second-order valence-electron chi connectivity index (χ2n) is 10.6. The van der Waals surface area contributed by atoms with Crippen LogP contribution in [-0.2, 0) is 10.2 Å². The lowest BCUT2D eigenvalue weighted by Crippen LogP contribution is -2.61. The Morgan fingerprint density at radius 3 is 2.26 bits per heavy atom. The molecule has 1 aromatic carbocycles. The SMILES string of the molecule is CCCCNC(=O)N1CCN(C(=O)C(NC(=O)c2ccc(C(C)(C)C)cc2)C(C)CC)CC1C. The molecule has 1 aliphatic rings. The summed E-state index contributed by atoms with van der Waals surface area (Å²) in [5, 5.41) is 5.96. The first-order valence-electron chi connectivity index (χ1n) is 12.7. The molecule has 0 aromatic heterocycles. The van der Waals surface area contributed by atoms with Gasteiger partial charge in [0.1, 0.15) is 6.04 Å². The van der Waals surface area contributed by atoms with E-state index in [-0.39, 0.29) is 35.2 Å². The van der Waals surface area contributed by atoms with E-state index < -0.39 is 6.04 Å². The smallest absolute Gasteiger partial charge is 0.317 e. The molecule has 1 aromatic rings. The van der Waals surface area contributed by atoms with Crippen LogP contribution in [0.5, 0.6) is 0 Å². The second-order valence-corrected chi connectivity index (χ2v) is 10.6. The molecule has 0 bridgehead atoms. The van der Waals surface area contributed by atoms with Gasteiger partial charge in [-0.3, -0.25) is 9.59 Å². The first-order valence-corrected chi connectivity index (χ1v) is 12.7. The molecular formula is C27H44N4O3. The summed E-state index contributed by atoms with van der Waals surface area (Å²) in [5.41, 5.74) is 1.72. The fourth-order valence-electron chi connectivity index (χ4n) is 4.16. The van der Waals surface area contributed by atoms with Gasteiger partial charge < -0.3 is 20.4 Å². The van der Waals surface area contributed by atoms with Gasteiger partial charge in [0.2, 0.25) is 5.91 Å². The first kappa shape index (κ1) is 27.7. The Kier molecular flexibility index (Phi) is 9.95. The van der Waals surface area contributed by atoms with Gasteiger partial charge in [-0.25, -0.2) is 4.79 Å². The molecule has 1 fully saturated rings. The van der Waals surface area contributed by atoms with Crippen molar-refractivity contribution in [1.82, 2.24) is 20.4 Å². The molecule has 0 aliphatic carbocycles. The topological polar surface area (TPSA) is 81.8 Å². The number of hydrogen-bond donors (Lipinski definition) is 2. The predicted octanol–water partition coefficient (Wildman–Crippen LogP) is 4.17. The van der Waals surface area contributed by atoms with E-state index in [4.69, 9.17) is 0 Å². The minimum absolute atomic E-state index is 0.00373.